The van der Waals surface area contributed by atoms with Crippen molar-refractivity contribution in [3.8, 4) is 0 Å². The van der Waals surface area contributed by atoms with Crippen molar-refractivity contribution in [1.82, 2.24) is 19.5 Å². The van der Waals surface area contributed by atoms with E-state index in [0.717, 1.165) is 0 Å². The van der Waals surface area contributed by atoms with E-state index >= 15 is 0 Å². The van der Waals surface area contributed by atoms with Gasteiger partial charge in [-0.2, -0.15) is 14.4 Å². The average molecular weight is 337 g/mol. The number of anilines is 1. The Morgan fingerprint density at radius 1 is 1.30 bits per heavy atom. The number of hydrogen-bond donors (Lipinski definition) is 2. The van der Waals surface area contributed by atoms with Gasteiger partial charge in [-0.15, -0.1) is 0 Å². The highest BCUT2D eigenvalue weighted by Gasteiger charge is 2.23. The molecule has 8 nitrogen and oxygen atoms in total. The molecule has 0 radical (unpaired) electrons. The average Bonchev–Trinajstić information content (AvgIpc) is 3.01. The highest BCUT2D eigenvalue weighted by atomic mass is 32.2. The molecule has 0 saturated heterocycles. The SMILES string of the molecule is CCN(CC)S(=O)(=O)c1ccc(C)c(C(=O)Nc2ncn[nH]2)c1. The summed E-state index contributed by atoms with van der Waals surface area (Å²) < 4.78 is 26.5. The molecule has 1 amide bonds. The van der Waals surface area contributed by atoms with Crippen LogP contribution in [-0.4, -0.2) is 46.9 Å². The normalized spacial score (nSPS) is 11.7. The van der Waals surface area contributed by atoms with Crippen molar-refractivity contribution >= 4 is 21.9 Å². The number of carbonyl (C=O) groups is 1. The van der Waals surface area contributed by atoms with E-state index in [0.29, 0.717) is 18.7 Å². The molecule has 9 heteroatoms. The Morgan fingerprint density at radius 2 is 2.00 bits per heavy atom. The Bertz CT molecular complexity index is 783. The van der Waals surface area contributed by atoms with E-state index in [1.807, 2.05) is 0 Å². The summed E-state index contributed by atoms with van der Waals surface area (Å²) in [6, 6.07) is 4.51. The molecule has 2 rings (SSSR count). The summed E-state index contributed by atoms with van der Waals surface area (Å²) in [5.74, 6) is -0.248. The number of sulfonamides is 1. The molecule has 0 unspecified atom stereocenters. The molecular formula is C14H19N5O3S. The number of H-pyrrole nitrogens is 1. The Balaban J connectivity index is 2.37. The van der Waals surface area contributed by atoms with Crippen LogP contribution < -0.4 is 5.32 Å². The lowest BCUT2D eigenvalue weighted by molar-refractivity contribution is 0.102. The van der Waals surface area contributed by atoms with Crippen molar-refractivity contribution in [3.05, 3.63) is 35.7 Å². The van der Waals surface area contributed by atoms with Crippen LogP contribution in [0.4, 0.5) is 5.95 Å². The molecule has 2 N–H and O–H groups in total. The molecule has 23 heavy (non-hydrogen) atoms. The molecule has 0 aliphatic carbocycles. The van der Waals surface area contributed by atoms with Gasteiger partial charge in [0.25, 0.3) is 5.91 Å². The van der Waals surface area contributed by atoms with Gasteiger partial charge in [0, 0.05) is 18.7 Å². The molecule has 2 aromatic rings. The van der Waals surface area contributed by atoms with Crippen molar-refractivity contribution in [1.29, 1.82) is 0 Å². The second-order valence-corrected chi connectivity index (χ2v) is 6.79. The molecule has 124 valence electrons. The van der Waals surface area contributed by atoms with Crippen LogP contribution in [0.1, 0.15) is 29.8 Å². The summed E-state index contributed by atoms with van der Waals surface area (Å²) in [6.45, 7) is 6.02. The van der Waals surface area contributed by atoms with Gasteiger partial charge in [-0.25, -0.2) is 13.5 Å². The van der Waals surface area contributed by atoms with Gasteiger partial charge in [0.15, 0.2) is 0 Å². The Labute approximate surface area is 135 Å². The molecule has 0 saturated carbocycles. The van der Waals surface area contributed by atoms with Gasteiger partial charge in [-0.3, -0.25) is 10.1 Å². The fourth-order valence-electron chi connectivity index (χ4n) is 2.16. The number of benzene rings is 1. The van der Waals surface area contributed by atoms with Crippen LogP contribution in [0.2, 0.25) is 0 Å². The summed E-state index contributed by atoms with van der Waals surface area (Å²) in [5, 5.41) is 8.70. The summed E-state index contributed by atoms with van der Waals surface area (Å²) in [7, 11) is -3.62. The monoisotopic (exact) mass is 337 g/mol. The van der Waals surface area contributed by atoms with Crippen LogP contribution in [0, 0.1) is 6.92 Å². The predicted molar refractivity (Wildman–Crippen MR) is 85.6 cm³/mol. The molecule has 0 aliphatic rings. The Kier molecular flexibility index (Phi) is 5.12. The quantitative estimate of drug-likeness (QED) is 0.828. The fraction of sp³-hybridized carbons (Fsp3) is 0.357. The first-order valence-electron chi connectivity index (χ1n) is 7.17. The highest BCUT2D eigenvalue weighted by Crippen LogP contribution is 2.20. The second kappa shape index (κ2) is 6.88. The zero-order valence-corrected chi connectivity index (χ0v) is 14.0. The maximum Gasteiger partial charge on any atom is 0.258 e. The number of aryl methyl sites for hydroxylation is 1. The van der Waals surface area contributed by atoms with Crippen LogP contribution in [0.25, 0.3) is 0 Å². The third kappa shape index (κ3) is 3.57. The lowest BCUT2D eigenvalue weighted by atomic mass is 10.1. The van der Waals surface area contributed by atoms with E-state index in [1.54, 1.807) is 26.8 Å². The summed E-state index contributed by atoms with van der Waals surface area (Å²) in [5.41, 5.74) is 0.940. The number of hydrogen-bond acceptors (Lipinski definition) is 5. The minimum Gasteiger partial charge on any atom is -0.291 e. The molecule has 1 aromatic heterocycles. The summed E-state index contributed by atoms with van der Waals surface area (Å²) >= 11 is 0. The maximum absolute atomic E-state index is 12.6. The fourth-order valence-corrected chi connectivity index (χ4v) is 3.64. The second-order valence-electron chi connectivity index (χ2n) is 4.85. The minimum atomic E-state index is -3.62. The number of aromatic amines is 1. The predicted octanol–water partition coefficient (Wildman–Crippen LogP) is 1.40. The third-order valence-electron chi connectivity index (χ3n) is 3.44. The van der Waals surface area contributed by atoms with Gasteiger partial charge in [0.05, 0.1) is 4.90 Å². The number of carbonyl (C=O) groups excluding carboxylic acids is 1. The number of rotatable bonds is 6. The maximum atomic E-state index is 12.6. The lowest BCUT2D eigenvalue weighted by Crippen LogP contribution is -2.30. The topological polar surface area (TPSA) is 108 Å². The zero-order valence-electron chi connectivity index (χ0n) is 13.2. The van der Waals surface area contributed by atoms with Crippen LogP contribution in [0.15, 0.2) is 29.4 Å². The Hall–Kier alpha value is -2.26. The molecule has 1 aromatic carbocycles. The molecule has 0 aliphatic heterocycles. The standard InChI is InChI=1S/C14H19N5O3S/c1-4-19(5-2)23(21,22)11-7-6-10(3)12(8-11)13(20)17-14-15-9-16-18-14/h6-9H,4-5H2,1-3H3,(H2,15,16,17,18,20). The van der Waals surface area contributed by atoms with Gasteiger partial charge in [0.1, 0.15) is 6.33 Å². The van der Waals surface area contributed by atoms with E-state index in [9.17, 15) is 13.2 Å². The van der Waals surface area contributed by atoms with E-state index in [1.165, 1.54) is 22.8 Å². The van der Waals surface area contributed by atoms with Crippen molar-refractivity contribution < 1.29 is 13.2 Å². The van der Waals surface area contributed by atoms with Crippen molar-refractivity contribution in [2.45, 2.75) is 25.7 Å². The van der Waals surface area contributed by atoms with Crippen molar-refractivity contribution in [3.63, 3.8) is 0 Å². The molecule has 1 heterocycles. The molecule has 0 fully saturated rings. The van der Waals surface area contributed by atoms with Gasteiger partial charge in [-0.05, 0) is 24.6 Å². The van der Waals surface area contributed by atoms with Gasteiger partial charge < -0.3 is 0 Å². The number of nitrogens with zero attached hydrogens (tertiary/aromatic N) is 3. The van der Waals surface area contributed by atoms with E-state index in [2.05, 4.69) is 20.5 Å². The summed E-state index contributed by atoms with van der Waals surface area (Å²) in [6.07, 6.45) is 1.27. The number of aromatic nitrogens is 3. The van der Waals surface area contributed by atoms with E-state index in [4.69, 9.17) is 0 Å². The first kappa shape index (κ1) is 17.1. The van der Waals surface area contributed by atoms with E-state index < -0.39 is 15.9 Å². The van der Waals surface area contributed by atoms with Crippen LogP contribution in [-0.2, 0) is 10.0 Å². The zero-order chi connectivity index (χ0) is 17.0. The highest BCUT2D eigenvalue weighted by molar-refractivity contribution is 7.89. The first-order chi connectivity index (χ1) is 10.9. The number of amides is 1. The van der Waals surface area contributed by atoms with Gasteiger partial charge in [-0.1, -0.05) is 19.9 Å². The Morgan fingerprint density at radius 3 is 2.57 bits per heavy atom. The van der Waals surface area contributed by atoms with Crippen molar-refractivity contribution in [2.75, 3.05) is 18.4 Å². The molecule has 0 bridgehead atoms. The minimum absolute atomic E-state index is 0.0921. The van der Waals surface area contributed by atoms with Crippen LogP contribution in [0.3, 0.4) is 0 Å². The van der Waals surface area contributed by atoms with Crippen LogP contribution >= 0.6 is 0 Å². The lowest BCUT2D eigenvalue weighted by Gasteiger charge is -2.19. The van der Waals surface area contributed by atoms with Crippen molar-refractivity contribution in [2.24, 2.45) is 0 Å². The third-order valence-corrected chi connectivity index (χ3v) is 5.49. The van der Waals surface area contributed by atoms with E-state index in [-0.39, 0.29) is 16.4 Å². The van der Waals surface area contributed by atoms with Gasteiger partial charge >= 0.3 is 0 Å². The smallest absolute Gasteiger partial charge is 0.258 e. The summed E-state index contributed by atoms with van der Waals surface area (Å²) in [4.78, 5) is 16.2. The first-order valence-corrected chi connectivity index (χ1v) is 8.61. The molecular weight excluding hydrogens is 318 g/mol. The largest absolute Gasteiger partial charge is 0.291 e. The molecule has 0 atom stereocenters. The number of nitrogens with one attached hydrogen (secondary N) is 2. The molecule has 0 spiro atoms. The van der Waals surface area contributed by atoms with Gasteiger partial charge in [0.2, 0.25) is 16.0 Å². The van der Waals surface area contributed by atoms with Crippen LogP contribution in [0.5, 0.6) is 0 Å².